The Morgan fingerprint density at radius 3 is 2.36 bits per heavy atom. The van der Waals surface area contributed by atoms with Gasteiger partial charge in [0, 0.05) is 24.6 Å². The minimum atomic E-state index is 0.0377. The second-order valence-electron chi connectivity index (χ2n) is 3.46. The molecule has 0 radical (unpaired) electrons. The van der Waals surface area contributed by atoms with Crippen molar-refractivity contribution in [2.75, 3.05) is 7.11 Å². The van der Waals surface area contributed by atoms with Crippen LogP contribution in [0.15, 0.2) is 24.3 Å². The van der Waals surface area contributed by atoms with Gasteiger partial charge >= 0.3 is 0 Å². The van der Waals surface area contributed by atoms with Gasteiger partial charge in [-0.05, 0) is 24.6 Å². The van der Waals surface area contributed by atoms with Crippen LogP contribution in [0.3, 0.4) is 0 Å². The van der Waals surface area contributed by atoms with Gasteiger partial charge in [-0.25, -0.2) is 0 Å². The van der Waals surface area contributed by atoms with Gasteiger partial charge in [-0.2, -0.15) is 0 Å². The number of halogens is 1. The Kier molecular flexibility index (Phi) is 4.39. The van der Waals surface area contributed by atoms with Crippen molar-refractivity contribution in [2.24, 2.45) is 5.73 Å². The summed E-state index contributed by atoms with van der Waals surface area (Å²) in [5.41, 5.74) is 6.97. The molecule has 3 heteroatoms. The second kappa shape index (κ2) is 5.35. The van der Waals surface area contributed by atoms with Crippen molar-refractivity contribution in [3.63, 3.8) is 0 Å². The molecule has 0 spiro atoms. The van der Waals surface area contributed by atoms with E-state index in [2.05, 4.69) is 0 Å². The number of ether oxygens (including phenoxy) is 1. The van der Waals surface area contributed by atoms with E-state index < -0.39 is 0 Å². The molecular formula is C11H16ClNO. The van der Waals surface area contributed by atoms with Gasteiger partial charge in [0.1, 0.15) is 0 Å². The third kappa shape index (κ3) is 3.29. The van der Waals surface area contributed by atoms with Crippen LogP contribution in [0.2, 0.25) is 5.02 Å². The molecular weight excluding hydrogens is 198 g/mol. The Balaban J connectivity index is 2.63. The lowest BCUT2D eigenvalue weighted by Crippen LogP contribution is -2.34. The van der Waals surface area contributed by atoms with Gasteiger partial charge in [0.05, 0.1) is 6.10 Å². The third-order valence-corrected chi connectivity index (χ3v) is 2.49. The summed E-state index contributed by atoms with van der Waals surface area (Å²) in [6, 6.07) is 7.79. The maximum atomic E-state index is 5.79. The highest BCUT2D eigenvalue weighted by Crippen LogP contribution is 2.12. The molecule has 0 fully saturated rings. The minimum Gasteiger partial charge on any atom is -0.380 e. The standard InChI is InChI=1S/C11H16ClNO/c1-8(13)11(14-2)7-9-3-5-10(12)6-4-9/h3-6,8,11H,7,13H2,1-2H3. The molecule has 2 unspecified atom stereocenters. The predicted octanol–water partition coefficient (Wildman–Crippen LogP) is 2.24. The van der Waals surface area contributed by atoms with Crippen molar-refractivity contribution < 1.29 is 4.74 Å². The molecule has 78 valence electrons. The summed E-state index contributed by atoms with van der Waals surface area (Å²) in [7, 11) is 1.68. The summed E-state index contributed by atoms with van der Waals surface area (Å²) >= 11 is 5.79. The van der Waals surface area contributed by atoms with Crippen molar-refractivity contribution >= 4 is 11.6 Å². The first kappa shape index (κ1) is 11.5. The lowest BCUT2D eigenvalue weighted by molar-refractivity contribution is 0.0855. The van der Waals surface area contributed by atoms with Crippen molar-refractivity contribution in [3.05, 3.63) is 34.9 Å². The SMILES string of the molecule is COC(Cc1ccc(Cl)cc1)C(C)N. The molecule has 0 aliphatic rings. The van der Waals surface area contributed by atoms with Gasteiger partial charge in [0.2, 0.25) is 0 Å². The predicted molar refractivity (Wildman–Crippen MR) is 59.6 cm³/mol. The largest absolute Gasteiger partial charge is 0.380 e. The number of hydrogen-bond acceptors (Lipinski definition) is 2. The summed E-state index contributed by atoms with van der Waals surface area (Å²) in [6.45, 7) is 1.95. The number of hydrogen-bond donors (Lipinski definition) is 1. The Labute approximate surface area is 90.0 Å². The van der Waals surface area contributed by atoms with E-state index >= 15 is 0 Å². The van der Waals surface area contributed by atoms with Gasteiger partial charge in [-0.15, -0.1) is 0 Å². The molecule has 1 aromatic carbocycles. The van der Waals surface area contributed by atoms with Crippen molar-refractivity contribution in [1.82, 2.24) is 0 Å². The zero-order valence-electron chi connectivity index (χ0n) is 8.53. The number of methoxy groups -OCH3 is 1. The van der Waals surface area contributed by atoms with Crippen LogP contribution in [0, 0.1) is 0 Å². The van der Waals surface area contributed by atoms with Crippen molar-refractivity contribution in [2.45, 2.75) is 25.5 Å². The quantitative estimate of drug-likeness (QED) is 0.833. The Morgan fingerprint density at radius 2 is 1.93 bits per heavy atom. The summed E-state index contributed by atoms with van der Waals surface area (Å²) in [6.07, 6.45) is 0.891. The Morgan fingerprint density at radius 1 is 1.36 bits per heavy atom. The monoisotopic (exact) mass is 213 g/mol. The fourth-order valence-corrected chi connectivity index (χ4v) is 1.46. The molecule has 0 aromatic heterocycles. The van der Waals surface area contributed by atoms with E-state index in [1.54, 1.807) is 7.11 Å². The highest BCUT2D eigenvalue weighted by molar-refractivity contribution is 6.30. The van der Waals surface area contributed by atoms with Crippen LogP contribution in [0.4, 0.5) is 0 Å². The summed E-state index contributed by atoms with van der Waals surface area (Å²) < 4.78 is 5.29. The summed E-state index contributed by atoms with van der Waals surface area (Å²) in [5.74, 6) is 0. The Bertz CT molecular complexity index is 271. The molecule has 1 aromatic rings. The van der Waals surface area contributed by atoms with E-state index in [9.17, 15) is 0 Å². The van der Waals surface area contributed by atoms with Crippen LogP contribution in [0.25, 0.3) is 0 Å². The van der Waals surface area contributed by atoms with Gasteiger partial charge < -0.3 is 10.5 Å². The lowest BCUT2D eigenvalue weighted by Gasteiger charge is -2.18. The molecule has 0 saturated heterocycles. The number of benzene rings is 1. The van der Waals surface area contributed by atoms with Crippen LogP contribution in [-0.4, -0.2) is 19.3 Å². The van der Waals surface area contributed by atoms with Crippen LogP contribution < -0.4 is 5.73 Å². The number of nitrogens with two attached hydrogens (primary N) is 1. The molecule has 0 aliphatic heterocycles. The Hall–Kier alpha value is -0.570. The van der Waals surface area contributed by atoms with Gasteiger partial charge in [-0.1, -0.05) is 23.7 Å². The fraction of sp³-hybridized carbons (Fsp3) is 0.455. The molecule has 2 N–H and O–H groups in total. The zero-order valence-corrected chi connectivity index (χ0v) is 9.29. The van der Waals surface area contributed by atoms with E-state index in [0.29, 0.717) is 0 Å². The first-order valence-corrected chi connectivity index (χ1v) is 5.04. The lowest BCUT2D eigenvalue weighted by atomic mass is 10.0. The highest BCUT2D eigenvalue weighted by atomic mass is 35.5. The van der Waals surface area contributed by atoms with Crippen molar-refractivity contribution in [3.8, 4) is 0 Å². The topological polar surface area (TPSA) is 35.2 Å². The van der Waals surface area contributed by atoms with E-state index in [0.717, 1.165) is 11.4 Å². The zero-order chi connectivity index (χ0) is 10.6. The average molecular weight is 214 g/mol. The molecule has 2 atom stereocenters. The van der Waals surface area contributed by atoms with E-state index in [1.807, 2.05) is 31.2 Å². The number of rotatable bonds is 4. The molecule has 0 saturated carbocycles. The summed E-state index contributed by atoms with van der Waals surface area (Å²) in [5, 5.41) is 0.753. The van der Waals surface area contributed by atoms with Gasteiger partial charge in [0.25, 0.3) is 0 Å². The summed E-state index contributed by atoms with van der Waals surface area (Å²) in [4.78, 5) is 0. The smallest absolute Gasteiger partial charge is 0.0759 e. The molecule has 0 heterocycles. The maximum Gasteiger partial charge on any atom is 0.0759 e. The van der Waals surface area contributed by atoms with Gasteiger partial charge in [0.15, 0.2) is 0 Å². The molecule has 0 amide bonds. The molecule has 1 rings (SSSR count). The van der Waals surface area contributed by atoms with Crippen LogP contribution in [-0.2, 0) is 11.2 Å². The van der Waals surface area contributed by atoms with E-state index in [-0.39, 0.29) is 12.1 Å². The molecule has 2 nitrogen and oxygen atoms in total. The first-order chi connectivity index (χ1) is 6.63. The fourth-order valence-electron chi connectivity index (χ4n) is 1.34. The van der Waals surface area contributed by atoms with Crippen LogP contribution in [0.1, 0.15) is 12.5 Å². The van der Waals surface area contributed by atoms with E-state index in [1.165, 1.54) is 5.56 Å². The molecule has 0 bridgehead atoms. The average Bonchev–Trinajstić information content (AvgIpc) is 2.16. The molecule has 0 aliphatic carbocycles. The van der Waals surface area contributed by atoms with E-state index in [4.69, 9.17) is 22.1 Å². The second-order valence-corrected chi connectivity index (χ2v) is 3.90. The maximum absolute atomic E-state index is 5.79. The normalized spacial score (nSPS) is 15.1. The van der Waals surface area contributed by atoms with Crippen LogP contribution >= 0.6 is 11.6 Å². The highest BCUT2D eigenvalue weighted by Gasteiger charge is 2.12. The van der Waals surface area contributed by atoms with Crippen molar-refractivity contribution in [1.29, 1.82) is 0 Å². The van der Waals surface area contributed by atoms with Crippen LogP contribution in [0.5, 0.6) is 0 Å². The first-order valence-electron chi connectivity index (χ1n) is 4.66. The van der Waals surface area contributed by atoms with Gasteiger partial charge in [-0.3, -0.25) is 0 Å². The minimum absolute atomic E-state index is 0.0377. The molecule has 14 heavy (non-hydrogen) atoms. The third-order valence-electron chi connectivity index (χ3n) is 2.24.